The number of para-hydroxylation sites is 2. The maximum atomic E-state index is 4.74. The Morgan fingerprint density at radius 3 is 2.72 bits per heavy atom. The van der Waals surface area contributed by atoms with Crippen LogP contribution in [0, 0.1) is 0 Å². The molecule has 0 spiro atoms. The molecule has 0 aliphatic rings. The molecule has 0 aliphatic heterocycles. The van der Waals surface area contributed by atoms with Gasteiger partial charge in [-0.25, -0.2) is 14.6 Å². The Kier molecular flexibility index (Phi) is 4.26. The minimum atomic E-state index is 0.726. The number of nitrogens with one attached hydrogen (secondary N) is 1. The van der Waals surface area contributed by atoms with Crippen LogP contribution in [0.25, 0.3) is 16.9 Å². The van der Waals surface area contributed by atoms with E-state index in [1.807, 2.05) is 30.6 Å². The third-order valence-corrected chi connectivity index (χ3v) is 4.21. The predicted octanol–water partition coefficient (Wildman–Crippen LogP) is 2.93. The molecule has 0 saturated heterocycles. The van der Waals surface area contributed by atoms with Crippen molar-refractivity contribution in [3.8, 4) is 5.82 Å². The fourth-order valence-corrected chi connectivity index (χ4v) is 2.99. The topological polar surface area (TPSA) is 60.6 Å². The van der Waals surface area contributed by atoms with Crippen LogP contribution < -0.4 is 5.32 Å². The molecule has 0 amide bonds. The Balaban J connectivity index is 1.42. The van der Waals surface area contributed by atoms with E-state index in [1.54, 1.807) is 10.9 Å². The molecule has 0 unspecified atom stereocenters. The lowest BCUT2D eigenvalue weighted by atomic mass is 10.3. The highest BCUT2D eigenvalue weighted by Crippen LogP contribution is 2.15. The number of benzene rings is 1. The summed E-state index contributed by atoms with van der Waals surface area (Å²) in [5, 5.41) is 7.65. The lowest BCUT2D eigenvalue weighted by Crippen LogP contribution is -2.16. The minimum absolute atomic E-state index is 0.726. The molecule has 0 saturated carbocycles. The van der Waals surface area contributed by atoms with E-state index < -0.39 is 0 Å². The van der Waals surface area contributed by atoms with Crippen LogP contribution in [0.5, 0.6) is 0 Å². The van der Waals surface area contributed by atoms with Crippen LogP contribution in [0.2, 0.25) is 0 Å². The smallest absolute Gasteiger partial charge is 0.153 e. The predicted molar refractivity (Wildman–Crippen MR) is 97.3 cm³/mol. The Morgan fingerprint density at radius 1 is 1.04 bits per heavy atom. The Labute approximate surface area is 146 Å². The van der Waals surface area contributed by atoms with Gasteiger partial charge in [-0.1, -0.05) is 18.2 Å². The van der Waals surface area contributed by atoms with Crippen molar-refractivity contribution in [3.63, 3.8) is 0 Å². The van der Waals surface area contributed by atoms with E-state index in [4.69, 9.17) is 4.98 Å². The largest absolute Gasteiger partial charge is 0.327 e. The standard InChI is InChI=1S/C19H20N6/c1-2-24-17-7-4-3-6-16(17)23-19(24)14-20-12-15-8-9-18(21-13-15)25-11-5-10-22-25/h3-11,13,20H,2,12,14H2,1H3. The lowest BCUT2D eigenvalue weighted by molar-refractivity contribution is 0.619. The van der Waals surface area contributed by atoms with Gasteiger partial charge in [-0.2, -0.15) is 5.10 Å². The molecule has 4 rings (SSSR count). The van der Waals surface area contributed by atoms with E-state index >= 15 is 0 Å². The van der Waals surface area contributed by atoms with Crippen LogP contribution in [-0.4, -0.2) is 24.3 Å². The van der Waals surface area contributed by atoms with Crippen molar-refractivity contribution in [2.45, 2.75) is 26.6 Å². The van der Waals surface area contributed by atoms with Gasteiger partial charge in [0.05, 0.1) is 17.6 Å². The van der Waals surface area contributed by atoms with Crippen LogP contribution in [0.15, 0.2) is 61.1 Å². The molecule has 0 atom stereocenters. The average Bonchev–Trinajstić information content (AvgIpc) is 3.30. The number of rotatable bonds is 6. The highest BCUT2D eigenvalue weighted by molar-refractivity contribution is 5.75. The number of fused-ring (bicyclic) bond motifs is 1. The summed E-state index contributed by atoms with van der Waals surface area (Å²) in [7, 11) is 0. The second-order valence-electron chi connectivity index (χ2n) is 5.84. The van der Waals surface area contributed by atoms with Gasteiger partial charge >= 0.3 is 0 Å². The molecule has 4 aromatic rings. The monoisotopic (exact) mass is 332 g/mol. The van der Waals surface area contributed by atoms with Gasteiger partial charge < -0.3 is 9.88 Å². The SMILES string of the molecule is CCn1c(CNCc2ccc(-n3cccn3)nc2)nc2ccccc21. The molecule has 6 nitrogen and oxygen atoms in total. The van der Waals surface area contributed by atoms with E-state index in [0.29, 0.717) is 0 Å². The Bertz CT molecular complexity index is 953. The summed E-state index contributed by atoms with van der Waals surface area (Å²) in [5.74, 6) is 1.88. The first kappa shape index (κ1) is 15.5. The van der Waals surface area contributed by atoms with Crippen molar-refractivity contribution < 1.29 is 0 Å². The number of nitrogens with zero attached hydrogens (tertiary/aromatic N) is 5. The highest BCUT2D eigenvalue weighted by atomic mass is 15.3. The molecule has 25 heavy (non-hydrogen) atoms. The number of imidazole rings is 1. The van der Waals surface area contributed by atoms with Crippen LogP contribution >= 0.6 is 0 Å². The molecule has 3 aromatic heterocycles. The molecule has 3 heterocycles. The first-order chi connectivity index (χ1) is 12.3. The van der Waals surface area contributed by atoms with E-state index in [0.717, 1.165) is 42.4 Å². The van der Waals surface area contributed by atoms with Gasteiger partial charge in [-0.3, -0.25) is 0 Å². The third kappa shape index (κ3) is 3.16. The lowest BCUT2D eigenvalue weighted by Gasteiger charge is -2.08. The van der Waals surface area contributed by atoms with E-state index in [1.165, 1.54) is 5.52 Å². The number of hydrogen-bond donors (Lipinski definition) is 1. The quantitative estimate of drug-likeness (QED) is 0.590. The molecule has 1 N–H and O–H groups in total. The van der Waals surface area contributed by atoms with Crippen LogP contribution in [0.3, 0.4) is 0 Å². The number of pyridine rings is 1. The summed E-state index contributed by atoms with van der Waals surface area (Å²) in [6.45, 7) is 4.54. The number of hydrogen-bond acceptors (Lipinski definition) is 4. The maximum Gasteiger partial charge on any atom is 0.153 e. The summed E-state index contributed by atoms with van der Waals surface area (Å²) >= 11 is 0. The summed E-state index contributed by atoms with van der Waals surface area (Å²) in [5.41, 5.74) is 3.37. The first-order valence-electron chi connectivity index (χ1n) is 8.45. The van der Waals surface area contributed by atoms with Gasteiger partial charge in [-0.05, 0) is 36.8 Å². The Hall–Kier alpha value is -2.99. The van der Waals surface area contributed by atoms with Gasteiger partial charge in [-0.15, -0.1) is 0 Å². The van der Waals surface area contributed by atoms with Crippen LogP contribution in [-0.2, 0) is 19.6 Å². The molecule has 0 radical (unpaired) electrons. The molecular formula is C19H20N6. The van der Waals surface area contributed by atoms with Gasteiger partial charge in [0, 0.05) is 31.7 Å². The van der Waals surface area contributed by atoms with Crippen LogP contribution in [0.1, 0.15) is 18.3 Å². The molecule has 0 bridgehead atoms. The minimum Gasteiger partial charge on any atom is -0.327 e. The summed E-state index contributed by atoms with van der Waals surface area (Å²) in [4.78, 5) is 9.19. The second-order valence-corrected chi connectivity index (χ2v) is 5.84. The second kappa shape index (κ2) is 6.86. The zero-order chi connectivity index (χ0) is 17.1. The molecule has 6 heteroatoms. The van der Waals surface area contributed by atoms with E-state index in [9.17, 15) is 0 Å². The van der Waals surface area contributed by atoms with E-state index in [2.05, 4.69) is 51.2 Å². The molecular weight excluding hydrogens is 312 g/mol. The van der Waals surface area contributed by atoms with Crippen molar-refractivity contribution in [2.24, 2.45) is 0 Å². The summed E-state index contributed by atoms with van der Waals surface area (Å²) < 4.78 is 4.00. The molecule has 0 fully saturated rings. The average molecular weight is 332 g/mol. The fraction of sp³-hybridized carbons (Fsp3) is 0.211. The van der Waals surface area contributed by atoms with Gasteiger partial charge in [0.2, 0.25) is 0 Å². The summed E-state index contributed by atoms with van der Waals surface area (Å²) in [6.07, 6.45) is 5.51. The number of aromatic nitrogens is 5. The van der Waals surface area contributed by atoms with Crippen molar-refractivity contribution in [3.05, 3.63) is 72.4 Å². The van der Waals surface area contributed by atoms with Gasteiger partial charge in [0.25, 0.3) is 0 Å². The zero-order valence-corrected chi connectivity index (χ0v) is 14.1. The van der Waals surface area contributed by atoms with Crippen molar-refractivity contribution >= 4 is 11.0 Å². The summed E-state index contributed by atoms with van der Waals surface area (Å²) in [6, 6.07) is 14.2. The number of aryl methyl sites for hydroxylation is 1. The fourth-order valence-electron chi connectivity index (χ4n) is 2.99. The maximum absolute atomic E-state index is 4.74. The first-order valence-corrected chi connectivity index (χ1v) is 8.45. The van der Waals surface area contributed by atoms with Crippen molar-refractivity contribution in [2.75, 3.05) is 0 Å². The van der Waals surface area contributed by atoms with Crippen LogP contribution in [0.4, 0.5) is 0 Å². The molecule has 0 aliphatic carbocycles. The molecule has 126 valence electrons. The van der Waals surface area contributed by atoms with Gasteiger partial charge in [0.15, 0.2) is 5.82 Å². The van der Waals surface area contributed by atoms with E-state index in [-0.39, 0.29) is 0 Å². The third-order valence-electron chi connectivity index (χ3n) is 4.21. The zero-order valence-electron chi connectivity index (χ0n) is 14.1. The highest BCUT2D eigenvalue weighted by Gasteiger charge is 2.08. The molecule has 1 aromatic carbocycles. The van der Waals surface area contributed by atoms with Crippen molar-refractivity contribution in [1.82, 2.24) is 29.6 Å². The van der Waals surface area contributed by atoms with Crippen molar-refractivity contribution in [1.29, 1.82) is 0 Å². The van der Waals surface area contributed by atoms with Gasteiger partial charge in [0.1, 0.15) is 5.82 Å². The normalized spacial score (nSPS) is 11.2. The Morgan fingerprint density at radius 2 is 1.96 bits per heavy atom.